The molecular formula is C14H31N2. The van der Waals surface area contributed by atoms with Crippen LogP contribution in [0.1, 0.15) is 64.2 Å². The Morgan fingerprint density at radius 3 is 1.75 bits per heavy atom. The van der Waals surface area contributed by atoms with E-state index in [1.54, 1.807) is 0 Å². The molecule has 0 saturated carbocycles. The summed E-state index contributed by atoms with van der Waals surface area (Å²) >= 11 is 0. The predicted molar refractivity (Wildman–Crippen MR) is 73.2 cm³/mol. The number of unbranched alkanes of at least 4 members (excludes halogenated alkanes) is 8. The van der Waals surface area contributed by atoms with Crippen molar-refractivity contribution >= 4 is 0 Å². The molecule has 0 rings (SSSR count). The van der Waals surface area contributed by atoms with Crippen LogP contribution in [0, 0.1) is 6.92 Å². The first-order valence-electron chi connectivity index (χ1n) is 6.89. The molecule has 97 valence electrons. The predicted octanol–water partition coefficient (Wildman–Crippen LogP) is 3.57. The Balaban J connectivity index is 3.04. The molecule has 0 aliphatic heterocycles. The average molecular weight is 227 g/mol. The maximum absolute atomic E-state index is 5.93. The molecule has 0 aromatic heterocycles. The van der Waals surface area contributed by atoms with E-state index in [4.69, 9.17) is 5.73 Å². The number of rotatable bonds is 11. The van der Waals surface area contributed by atoms with Gasteiger partial charge in [0, 0.05) is 0 Å². The number of hydrogen-bond donors (Lipinski definition) is 1. The van der Waals surface area contributed by atoms with Gasteiger partial charge in [-0.2, -0.15) is 0 Å². The van der Waals surface area contributed by atoms with Gasteiger partial charge in [0.1, 0.15) is 0 Å². The van der Waals surface area contributed by atoms with Gasteiger partial charge in [0.05, 0.1) is 6.17 Å². The molecule has 0 aromatic carbocycles. The van der Waals surface area contributed by atoms with E-state index < -0.39 is 0 Å². The van der Waals surface area contributed by atoms with Gasteiger partial charge >= 0.3 is 0 Å². The monoisotopic (exact) mass is 227 g/mol. The summed E-state index contributed by atoms with van der Waals surface area (Å²) in [6.07, 6.45) is 13.3. The van der Waals surface area contributed by atoms with Crippen molar-refractivity contribution in [2.75, 3.05) is 14.1 Å². The molecule has 2 heteroatoms. The van der Waals surface area contributed by atoms with Crippen molar-refractivity contribution < 1.29 is 0 Å². The lowest BCUT2D eigenvalue weighted by molar-refractivity contribution is 0.278. The molecule has 0 bridgehead atoms. The first kappa shape index (κ1) is 15.9. The molecule has 1 radical (unpaired) electrons. The van der Waals surface area contributed by atoms with E-state index in [2.05, 4.69) is 11.8 Å². The van der Waals surface area contributed by atoms with Crippen molar-refractivity contribution in [2.24, 2.45) is 5.73 Å². The third-order valence-corrected chi connectivity index (χ3v) is 3.16. The van der Waals surface area contributed by atoms with Gasteiger partial charge < -0.3 is 5.73 Å². The standard InChI is InChI=1S/C14H31N2/c1-4-5-6-7-8-9-10-11-12-13-14(15)16(2)3/h14H,1,4-13,15H2,2-3H3. The van der Waals surface area contributed by atoms with Crippen molar-refractivity contribution in [1.82, 2.24) is 4.90 Å². The Morgan fingerprint density at radius 2 is 1.31 bits per heavy atom. The van der Waals surface area contributed by atoms with Crippen molar-refractivity contribution in [3.05, 3.63) is 6.92 Å². The number of nitrogens with two attached hydrogens (primary N) is 1. The van der Waals surface area contributed by atoms with Crippen LogP contribution in [0.5, 0.6) is 0 Å². The minimum atomic E-state index is 0.247. The maximum atomic E-state index is 5.93. The summed E-state index contributed by atoms with van der Waals surface area (Å²) in [5.41, 5.74) is 5.93. The molecule has 16 heavy (non-hydrogen) atoms. The zero-order valence-corrected chi connectivity index (χ0v) is 11.4. The van der Waals surface area contributed by atoms with Crippen LogP contribution in [-0.4, -0.2) is 25.2 Å². The first-order valence-corrected chi connectivity index (χ1v) is 6.89. The molecule has 1 atom stereocenters. The highest BCUT2D eigenvalue weighted by Crippen LogP contribution is 2.11. The van der Waals surface area contributed by atoms with Gasteiger partial charge in [0.25, 0.3) is 0 Å². The summed E-state index contributed by atoms with van der Waals surface area (Å²) < 4.78 is 0. The Labute approximate surface area is 103 Å². The van der Waals surface area contributed by atoms with E-state index in [0.29, 0.717) is 0 Å². The highest BCUT2D eigenvalue weighted by molar-refractivity contribution is 4.57. The van der Waals surface area contributed by atoms with Crippen LogP contribution < -0.4 is 5.73 Å². The van der Waals surface area contributed by atoms with Crippen LogP contribution in [-0.2, 0) is 0 Å². The van der Waals surface area contributed by atoms with Crippen molar-refractivity contribution in [2.45, 2.75) is 70.4 Å². The molecule has 0 amide bonds. The van der Waals surface area contributed by atoms with Crippen molar-refractivity contribution in [3.8, 4) is 0 Å². The highest BCUT2D eigenvalue weighted by atomic mass is 15.2. The molecule has 0 aliphatic carbocycles. The number of hydrogen-bond acceptors (Lipinski definition) is 2. The smallest absolute Gasteiger partial charge is 0.0566 e. The lowest BCUT2D eigenvalue weighted by atomic mass is 10.1. The van der Waals surface area contributed by atoms with E-state index in [9.17, 15) is 0 Å². The molecular weight excluding hydrogens is 196 g/mol. The molecule has 0 aliphatic rings. The fraction of sp³-hybridized carbons (Fsp3) is 0.929. The Morgan fingerprint density at radius 1 is 0.875 bits per heavy atom. The van der Waals surface area contributed by atoms with Crippen molar-refractivity contribution in [1.29, 1.82) is 0 Å². The largest absolute Gasteiger partial charge is 0.316 e. The summed E-state index contributed by atoms with van der Waals surface area (Å²) in [7, 11) is 4.10. The van der Waals surface area contributed by atoms with Gasteiger partial charge in [0.2, 0.25) is 0 Å². The molecule has 0 fully saturated rings. The minimum Gasteiger partial charge on any atom is -0.316 e. The third-order valence-electron chi connectivity index (χ3n) is 3.16. The highest BCUT2D eigenvalue weighted by Gasteiger charge is 2.03. The lowest BCUT2D eigenvalue weighted by Crippen LogP contribution is -2.35. The maximum Gasteiger partial charge on any atom is 0.0566 e. The second-order valence-corrected chi connectivity index (χ2v) is 5.00. The molecule has 1 unspecified atom stereocenters. The fourth-order valence-electron chi connectivity index (χ4n) is 1.85. The lowest BCUT2D eigenvalue weighted by Gasteiger charge is -2.19. The summed E-state index contributed by atoms with van der Waals surface area (Å²) in [6, 6.07) is 0. The zero-order valence-electron chi connectivity index (χ0n) is 11.4. The Kier molecular flexibility index (Phi) is 11.3. The Hall–Kier alpha value is -0.0800. The topological polar surface area (TPSA) is 29.3 Å². The van der Waals surface area contributed by atoms with Gasteiger partial charge in [-0.1, -0.05) is 64.7 Å². The summed E-state index contributed by atoms with van der Waals surface area (Å²) in [5, 5.41) is 0. The minimum absolute atomic E-state index is 0.247. The molecule has 0 saturated heterocycles. The Bertz CT molecular complexity index is 135. The van der Waals surface area contributed by atoms with Gasteiger partial charge in [0.15, 0.2) is 0 Å². The molecule has 2 N–H and O–H groups in total. The van der Waals surface area contributed by atoms with E-state index in [1.165, 1.54) is 51.4 Å². The van der Waals surface area contributed by atoms with Crippen LogP contribution in [0.15, 0.2) is 0 Å². The first-order chi connectivity index (χ1) is 7.68. The quantitative estimate of drug-likeness (QED) is 0.432. The average Bonchev–Trinajstić information content (AvgIpc) is 2.26. The van der Waals surface area contributed by atoms with Crippen molar-refractivity contribution in [3.63, 3.8) is 0 Å². The van der Waals surface area contributed by atoms with E-state index in [0.717, 1.165) is 12.8 Å². The van der Waals surface area contributed by atoms with E-state index in [-0.39, 0.29) is 6.17 Å². The van der Waals surface area contributed by atoms with Crippen LogP contribution in [0.3, 0.4) is 0 Å². The van der Waals surface area contributed by atoms with Crippen LogP contribution >= 0.6 is 0 Å². The SMILES string of the molecule is [CH2]CCCCCCCCCCC(N)N(C)C. The van der Waals surface area contributed by atoms with Crippen LogP contribution in [0.2, 0.25) is 0 Å². The van der Waals surface area contributed by atoms with E-state index in [1.807, 2.05) is 14.1 Å². The zero-order chi connectivity index (χ0) is 12.2. The molecule has 0 aromatic rings. The third kappa shape index (κ3) is 10.4. The normalized spacial score (nSPS) is 13.3. The second-order valence-electron chi connectivity index (χ2n) is 5.00. The van der Waals surface area contributed by atoms with Crippen LogP contribution in [0.4, 0.5) is 0 Å². The molecule has 0 heterocycles. The second kappa shape index (κ2) is 11.4. The summed E-state index contributed by atoms with van der Waals surface area (Å²) in [6.45, 7) is 3.86. The van der Waals surface area contributed by atoms with E-state index >= 15 is 0 Å². The summed E-state index contributed by atoms with van der Waals surface area (Å²) in [4.78, 5) is 2.10. The molecule has 2 nitrogen and oxygen atoms in total. The summed E-state index contributed by atoms with van der Waals surface area (Å²) in [5.74, 6) is 0. The van der Waals surface area contributed by atoms with Gasteiger partial charge in [-0.3, -0.25) is 4.90 Å². The number of nitrogens with zero attached hydrogens (tertiary/aromatic N) is 1. The van der Waals surface area contributed by atoms with Gasteiger partial charge in [-0.25, -0.2) is 0 Å². The van der Waals surface area contributed by atoms with Gasteiger partial charge in [-0.15, -0.1) is 0 Å². The van der Waals surface area contributed by atoms with Crippen LogP contribution in [0.25, 0.3) is 0 Å². The van der Waals surface area contributed by atoms with Gasteiger partial charge in [-0.05, 0) is 20.5 Å². The molecule has 0 spiro atoms. The fourth-order valence-corrected chi connectivity index (χ4v) is 1.85.